The van der Waals surface area contributed by atoms with E-state index in [0.29, 0.717) is 29.9 Å². The Hall–Kier alpha value is -2.30. The quantitative estimate of drug-likeness (QED) is 0.873. The van der Waals surface area contributed by atoms with Crippen LogP contribution in [0.2, 0.25) is 0 Å². The molecule has 5 heteroatoms. The highest BCUT2D eigenvalue weighted by molar-refractivity contribution is 5.72. The maximum absolute atomic E-state index is 5.98. The second kappa shape index (κ2) is 6.23. The van der Waals surface area contributed by atoms with Gasteiger partial charge in [0.1, 0.15) is 12.0 Å². The van der Waals surface area contributed by atoms with Gasteiger partial charge < -0.3 is 15.8 Å². The average molecular weight is 272 g/mol. The molecule has 2 rings (SSSR count). The molecule has 0 radical (unpaired) electrons. The molecule has 2 aromatic rings. The van der Waals surface area contributed by atoms with Gasteiger partial charge in [-0.2, -0.15) is 4.98 Å². The van der Waals surface area contributed by atoms with E-state index < -0.39 is 0 Å². The van der Waals surface area contributed by atoms with Crippen LogP contribution < -0.4 is 15.8 Å². The Balaban J connectivity index is 2.19. The summed E-state index contributed by atoms with van der Waals surface area (Å²) in [5, 5.41) is 3.18. The van der Waals surface area contributed by atoms with Crippen LogP contribution in [0.4, 0.5) is 17.2 Å². The summed E-state index contributed by atoms with van der Waals surface area (Å²) < 4.78 is 5.35. The standard InChI is InChI=1S/C15H20N4O/c1-4-20-15-13(16)14(17-9-18-15)19-12-7-5-11(6-8-12)10(2)3/h5-10H,4,16H2,1-3H3,(H,17,18,19). The molecule has 1 heterocycles. The summed E-state index contributed by atoms with van der Waals surface area (Å²) in [5.74, 6) is 1.47. The number of rotatable bonds is 5. The smallest absolute Gasteiger partial charge is 0.242 e. The Bertz CT molecular complexity index is 567. The van der Waals surface area contributed by atoms with E-state index in [1.807, 2.05) is 19.1 Å². The summed E-state index contributed by atoms with van der Waals surface area (Å²) in [7, 11) is 0. The lowest BCUT2D eigenvalue weighted by Crippen LogP contribution is -2.05. The Kier molecular flexibility index (Phi) is 4.40. The van der Waals surface area contributed by atoms with Gasteiger partial charge >= 0.3 is 0 Å². The maximum atomic E-state index is 5.98. The molecule has 20 heavy (non-hydrogen) atoms. The summed E-state index contributed by atoms with van der Waals surface area (Å²) in [4.78, 5) is 8.16. The fourth-order valence-electron chi connectivity index (χ4n) is 1.82. The fourth-order valence-corrected chi connectivity index (χ4v) is 1.82. The van der Waals surface area contributed by atoms with Gasteiger partial charge in [-0.15, -0.1) is 0 Å². The molecule has 1 aromatic carbocycles. The molecule has 0 saturated carbocycles. The zero-order valence-corrected chi connectivity index (χ0v) is 12.1. The van der Waals surface area contributed by atoms with Gasteiger partial charge in [0.05, 0.1) is 6.61 Å². The molecule has 0 saturated heterocycles. The van der Waals surface area contributed by atoms with Crippen LogP contribution in [0.1, 0.15) is 32.3 Å². The van der Waals surface area contributed by atoms with Crippen LogP contribution in [-0.4, -0.2) is 16.6 Å². The molecule has 0 fully saturated rings. The zero-order chi connectivity index (χ0) is 14.5. The van der Waals surface area contributed by atoms with Gasteiger partial charge in [0.25, 0.3) is 0 Å². The summed E-state index contributed by atoms with van der Waals surface area (Å²) in [6, 6.07) is 8.20. The van der Waals surface area contributed by atoms with Gasteiger partial charge in [0, 0.05) is 5.69 Å². The van der Waals surface area contributed by atoms with Crippen LogP contribution in [-0.2, 0) is 0 Å². The van der Waals surface area contributed by atoms with E-state index in [0.717, 1.165) is 5.69 Å². The van der Waals surface area contributed by atoms with E-state index in [-0.39, 0.29) is 0 Å². The van der Waals surface area contributed by atoms with Crippen molar-refractivity contribution in [3.05, 3.63) is 36.2 Å². The number of nitrogens with one attached hydrogen (secondary N) is 1. The molecule has 0 aliphatic rings. The SMILES string of the molecule is CCOc1ncnc(Nc2ccc(C(C)C)cc2)c1N. The van der Waals surface area contributed by atoms with Crippen molar-refractivity contribution in [2.75, 3.05) is 17.7 Å². The third-order valence-corrected chi connectivity index (χ3v) is 2.97. The molecule has 0 aliphatic heterocycles. The summed E-state index contributed by atoms with van der Waals surface area (Å²) in [6.45, 7) is 6.74. The number of nitrogens with two attached hydrogens (primary N) is 1. The second-order valence-electron chi connectivity index (χ2n) is 4.78. The van der Waals surface area contributed by atoms with Gasteiger partial charge in [-0.25, -0.2) is 4.98 Å². The van der Waals surface area contributed by atoms with E-state index in [4.69, 9.17) is 10.5 Å². The number of hydrogen-bond donors (Lipinski definition) is 2. The Labute approximate surface area is 119 Å². The number of anilines is 3. The lowest BCUT2D eigenvalue weighted by molar-refractivity contribution is 0.328. The maximum Gasteiger partial charge on any atom is 0.242 e. The van der Waals surface area contributed by atoms with Crippen LogP contribution in [0.25, 0.3) is 0 Å². The summed E-state index contributed by atoms with van der Waals surface area (Å²) >= 11 is 0. The predicted octanol–water partition coefficient (Wildman–Crippen LogP) is 3.32. The molecule has 0 bridgehead atoms. The molecular formula is C15H20N4O. The lowest BCUT2D eigenvalue weighted by Gasteiger charge is -2.12. The number of hydrogen-bond acceptors (Lipinski definition) is 5. The number of aromatic nitrogens is 2. The normalized spacial score (nSPS) is 10.6. The van der Waals surface area contributed by atoms with Crippen LogP contribution in [0, 0.1) is 0 Å². The molecule has 0 unspecified atom stereocenters. The summed E-state index contributed by atoms with van der Waals surface area (Å²) in [5.41, 5.74) is 8.63. The minimum Gasteiger partial charge on any atom is -0.476 e. The monoisotopic (exact) mass is 272 g/mol. The molecule has 5 nitrogen and oxygen atoms in total. The Morgan fingerprint density at radius 3 is 2.50 bits per heavy atom. The van der Waals surface area contributed by atoms with E-state index in [1.165, 1.54) is 11.9 Å². The third-order valence-electron chi connectivity index (χ3n) is 2.97. The van der Waals surface area contributed by atoms with Gasteiger partial charge in [0.15, 0.2) is 5.82 Å². The van der Waals surface area contributed by atoms with Crippen molar-refractivity contribution >= 4 is 17.2 Å². The van der Waals surface area contributed by atoms with Crippen molar-refractivity contribution in [3.8, 4) is 5.88 Å². The van der Waals surface area contributed by atoms with Gasteiger partial charge in [0.2, 0.25) is 5.88 Å². The number of ether oxygens (including phenoxy) is 1. The van der Waals surface area contributed by atoms with Crippen molar-refractivity contribution < 1.29 is 4.74 Å². The zero-order valence-electron chi connectivity index (χ0n) is 12.1. The first-order valence-electron chi connectivity index (χ1n) is 6.72. The predicted molar refractivity (Wildman–Crippen MR) is 81.4 cm³/mol. The van der Waals surface area contributed by atoms with E-state index in [1.54, 1.807) is 0 Å². The first-order valence-corrected chi connectivity index (χ1v) is 6.72. The molecular weight excluding hydrogens is 252 g/mol. The molecule has 0 amide bonds. The molecule has 3 N–H and O–H groups in total. The molecule has 0 atom stereocenters. The lowest BCUT2D eigenvalue weighted by atomic mass is 10.0. The number of benzene rings is 1. The minimum atomic E-state index is 0.406. The van der Waals surface area contributed by atoms with Crippen LogP contribution in [0.5, 0.6) is 5.88 Å². The first-order chi connectivity index (χ1) is 9.61. The van der Waals surface area contributed by atoms with Crippen molar-refractivity contribution in [2.45, 2.75) is 26.7 Å². The molecule has 0 aliphatic carbocycles. The van der Waals surface area contributed by atoms with Crippen LogP contribution >= 0.6 is 0 Å². The van der Waals surface area contributed by atoms with Crippen molar-refractivity contribution in [2.24, 2.45) is 0 Å². The van der Waals surface area contributed by atoms with Gasteiger partial charge in [-0.1, -0.05) is 26.0 Å². The summed E-state index contributed by atoms with van der Waals surface area (Å²) in [6.07, 6.45) is 1.44. The molecule has 106 valence electrons. The van der Waals surface area contributed by atoms with E-state index in [2.05, 4.69) is 41.3 Å². The topological polar surface area (TPSA) is 73.1 Å². The van der Waals surface area contributed by atoms with Crippen molar-refractivity contribution in [1.29, 1.82) is 0 Å². The van der Waals surface area contributed by atoms with Crippen LogP contribution in [0.3, 0.4) is 0 Å². The van der Waals surface area contributed by atoms with E-state index in [9.17, 15) is 0 Å². The third kappa shape index (κ3) is 3.17. The highest BCUT2D eigenvalue weighted by Gasteiger charge is 2.09. The fraction of sp³-hybridized carbons (Fsp3) is 0.333. The number of nitrogens with zero attached hydrogens (tertiary/aromatic N) is 2. The number of nitrogen functional groups attached to an aromatic ring is 1. The average Bonchev–Trinajstić information content (AvgIpc) is 2.44. The Morgan fingerprint density at radius 2 is 1.90 bits per heavy atom. The minimum absolute atomic E-state index is 0.406. The van der Waals surface area contributed by atoms with Gasteiger partial charge in [-0.3, -0.25) is 0 Å². The Morgan fingerprint density at radius 1 is 1.20 bits per heavy atom. The highest BCUT2D eigenvalue weighted by Crippen LogP contribution is 2.27. The van der Waals surface area contributed by atoms with Gasteiger partial charge in [-0.05, 0) is 30.5 Å². The van der Waals surface area contributed by atoms with E-state index >= 15 is 0 Å². The van der Waals surface area contributed by atoms with Crippen molar-refractivity contribution in [1.82, 2.24) is 9.97 Å². The highest BCUT2D eigenvalue weighted by atomic mass is 16.5. The molecule has 1 aromatic heterocycles. The van der Waals surface area contributed by atoms with Crippen LogP contribution in [0.15, 0.2) is 30.6 Å². The first kappa shape index (κ1) is 14.1. The second-order valence-corrected chi connectivity index (χ2v) is 4.78. The van der Waals surface area contributed by atoms with Crippen molar-refractivity contribution in [3.63, 3.8) is 0 Å². The molecule has 0 spiro atoms. The largest absolute Gasteiger partial charge is 0.476 e.